The van der Waals surface area contributed by atoms with Crippen LogP contribution >= 0.6 is 0 Å². The fourth-order valence-electron chi connectivity index (χ4n) is 4.83. The van der Waals surface area contributed by atoms with Crippen LogP contribution in [0.2, 0.25) is 0 Å². The summed E-state index contributed by atoms with van der Waals surface area (Å²) in [6.07, 6.45) is 0.674. The van der Waals surface area contributed by atoms with E-state index >= 15 is 0 Å². The molecule has 2 aliphatic heterocycles. The zero-order valence-corrected chi connectivity index (χ0v) is 21.9. The molecule has 2 aromatic rings. The number of likely N-dealkylation sites (tertiary alicyclic amines) is 1. The molecule has 0 aromatic heterocycles. The summed E-state index contributed by atoms with van der Waals surface area (Å²) in [4.78, 5) is 41.5. The zero-order chi connectivity index (χ0) is 27.5. The van der Waals surface area contributed by atoms with Gasteiger partial charge in [-0.3, -0.25) is 14.4 Å². The number of nitrogens with zero attached hydrogens (tertiary/aromatic N) is 3. The first-order chi connectivity index (χ1) is 18.0. The van der Waals surface area contributed by atoms with Crippen LogP contribution in [0, 0.1) is 11.2 Å². The van der Waals surface area contributed by atoms with Crippen LogP contribution < -0.4 is 11.1 Å². The minimum absolute atomic E-state index is 0.0637. The van der Waals surface area contributed by atoms with Crippen molar-refractivity contribution in [3.05, 3.63) is 71.5 Å². The smallest absolute Gasteiger partial charge is 0.256 e. The first kappa shape index (κ1) is 27.4. The quantitative estimate of drug-likeness (QED) is 0.520. The number of hydrogen-bond donors (Lipinski definition) is 2. The molecule has 10 heteroatoms. The minimum atomic E-state index is -1.20. The van der Waals surface area contributed by atoms with Gasteiger partial charge in [0.1, 0.15) is 17.3 Å². The van der Waals surface area contributed by atoms with Gasteiger partial charge in [0.2, 0.25) is 11.8 Å². The van der Waals surface area contributed by atoms with Crippen molar-refractivity contribution in [2.75, 3.05) is 26.7 Å². The van der Waals surface area contributed by atoms with Crippen molar-refractivity contribution in [2.24, 2.45) is 16.3 Å². The molecule has 3 amide bonds. The number of hydrazone groups is 1. The van der Waals surface area contributed by atoms with Crippen molar-refractivity contribution in [2.45, 2.75) is 44.9 Å². The lowest BCUT2D eigenvalue weighted by molar-refractivity contribution is -0.143. The van der Waals surface area contributed by atoms with E-state index in [1.807, 2.05) is 30.3 Å². The van der Waals surface area contributed by atoms with Crippen LogP contribution in [0.1, 0.15) is 31.4 Å². The molecule has 4 rings (SSSR count). The Kier molecular flexibility index (Phi) is 7.94. The van der Waals surface area contributed by atoms with Crippen molar-refractivity contribution in [1.82, 2.24) is 15.2 Å². The highest BCUT2D eigenvalue weighted by Crippen LogP contribution is 2.38. The molecule has 0 radical (unpaired) electrons. The maximum atomic E-state index is 13.8. The second-order valence-corrected chi connectivity index (χ2v) is 10.5. The van der Waals surface area contributed by atoms with Gasteiger partial charge >= 0.3 is 0 Å². The number of carbonyl (C=O) groups is 3. The maximum absolute atomic E-state index is 13.8. The summed E-state index contributed by atoms with van der Waals surface area (Å²) in [5.41, 5.74) is 6.10. The van der Waals surface area contributed by atoms with Gasteiger partial charge < -0.3 is 20.7 Å². The number of amides is 3. The monoisotopic (exact) mass is 523 g/mol. The molecule has 0 spiro atoms. The molecule has 0 saturated carbocycles. The van der Waals surface area contributed by atoms with E-state index in [9.17, 15) is 18.8 Å². The molecule has 3 N–H and O–H groups in total. The number of fused-ring (bicyclic) bond motifs is 1. The molecule has 0 aliphatic carbocycles. The Morgan fingerprint density at radius 2 is 1.84 bits per heavy atom. The van der Waals surface area contributed by atoms with Gasteiger partial charge in [0.25, 0.3) is 5.91 Å². The van der Waals surface area contributed by atoms with Gasteiger partial charge in [0.15, 0.2) is 0 Å². The van der Waals surface area contributed by atoms with Gasteiger partial charge in [-0.1, -0.05) is 42.5 Å². The van der Waals surface area contributed by atoms with Crippen molar-refractivity contribution in [3.63, 3.8) is 0 Å². The second-order valence-electron chi connectivity index (χ2n) is 10.5. The molecule has 0 bridgehead atoms. The summed E-state index contributed by atoms with van der Waals surface area (Å²) in [5.74, 6) is -1.45. The number of nitrogens with two attached hydrogens (primary N) is 1. The Hall–Kier alpha value is -3.63. The van der Waals surface area contributed by atoms with E-state index in [1.165, 1.54) is 17.1 Å². The van der Waals surface area contributed by atoms with E-state index in [0.717, 1.165) is 11.1 Å². The van der Waals surface area contributed by atoms with Crippen LogP contribution in [0.3, 0.4) is 0 Å². The van der Waals surface area contributed by atoms with Crippen molar-refractivity contribution in [1.29, 1.82) is 0 Å². The van der Waals surface area contributed by atoms with Gasteiger partial charge in [0.05, 0.1) is 24.5 Å². The number of hydrogen-bond acceptors (Lipinski definition) is 6. The van der Waals surface area contributed by atoms with Crippen molar-refractivity contribution >= 4 is 23.4 Å². The van der Waals surface area contributed by atoms with Crippen LogP contribution in [0.5, 0.6) is 0 Å². The molecule has 202 valence electrons. The molecular formula is C28H34FN5O4. The van der Waals surface area contributed by atoms with Crippen LogP contribution in [-0.2, 0) is 32.1 Å². The van der Waals surface area contributed by atoms with E-state index in [4.69, 9.17) is 10.5 Å². The second kappa shape index (κ2) is 11.0. The number of piperidine rings is 1. The van der Waals surface area contributed by atoms with E-state index in [2.05, 4.69) is 10.4 Å². The standard InChI is InChI=1S/C28H34FN5O4/c1-27(2,30)25(36)31-22(17-38-16-20-7-5-4-6-8-20)24(35)34-14-13-23-28(18-34,26(37)33(3)32-23)15-19-9-11-21(29)12-10-19/h4-12,22H,13-18,30H2,1-3H3,(H,31,36)/t22?,28-/m1/s1. The first-order valence-electron chi connectivity index (χ1n) is 12.6. The summed E-state index contributed by atoms with van der Waals surface area (Å²) in [5, 5.41) is 8.51. The lowest BCUT2D eigenvalue weighted by Gasteiger charge is -2.40. The summed E-state index contributed by atoms with van der Waals surface area (Å²) in [6.45, 7) is 3.74. The highest BCUT2D eigenvalue weighted by Gasteiger charge is 2.54. The number of halogens is 1. The molecule has 2 heterocycles. The summed E-state index contributed by atoms with van der Waals surface area (Å²) >= 11 is 0. The summed E-state index contributed by atoms with van der Waals surface area (Å²) < 4.78 is 19.3. The van der Waals surface area contributed by atoms with Crippen LogP contribution in [0.15, 0.2) is 59.7 Å². The van der Waals surface area contributed by atoms with Crippen molar-refractivity contribution in [3.8, 4) is 0 Å². The van der Waals surface area contributed by atoms with E-state index in [-0.39, 0.29) is 43.8 Å². The van der Waals surface area contributed by atoms with Gasteiger partial charge in [-0.25, -0.2) is 9.40 Å². The topological polar surface area (TPSA) is 117 Å². The maximum Gasteiger partial charge on any atom is 0.256 e. The molecule has 2 atom stereocenters. The number of carbonyl (C=O) groups excluding carboxylic acids is 3. The van der Waals surface area contributed by atoms with Gasteiger partial charge in [-0.05, 0) is 43.5 Å². The average Bonchev–Trinajstić information content (AvgIpc) is 3.13. The molecule has 38 heavy (non-hydrogen) atoms. The van der Waals surface area contributed by atoms with E-state index in [0.29, 0.717) is 18.7 Å². The highest BCUT2D eigenvalue weighted by molar-refractivity contribution is 6.13. The molecule has 9 nitrogen and oxygen atoms in total. The number of nitrogens with one attached hydrogen (secondary N) is 1. The summed E-state index contributed by atoms with van der Waals surface area (Å²) in [6, 6.07) is 14.5. The van der Waals surface area contributed by atoms with Gasteiger partial charge in [0, 0.05) is 26.6 Å². The first-order valence-corrected chi connectivity index (χ1v) is 12.6. The SMILES string of the molecule is CN1N=C2CCN(C(=O)C(COCc3ccccc3)NC(=O)C(C)(C)N)C[C@@]2(Cc2ccc(F)cc2)C1=O. The van der Waals surface area contributed by atoms with Crippen LogP contribution in [-0.4, -0.2) is 71.7 Å². The van der Waals surface area contributed by atoms with Crippen LogP contribution in [0.25, 0.3) is 0 Å². The predicted molar refractivity (Wildman–Crippen MR) is 140 cm³/mol. The lowest BCUT2D eigenvalue weighted by Crippen LogP contribution is -2.61. The third-order valence-electron chi connectivity index (χ3n) is 6.92. The molecule has 1 fully saturated rings. The van der Waals surface area contributed by atoms with E-state index in [1.54, 1.807) is 37.9 Å². The number of benzene rings is 2. The normalized spacial score (nSPS) is 20.1. The summed E-state index contributed by atoms with van der Waals surface area (Å²) in [7, 11) is 1.59. The van der Waals surface area contributed by atoms with Crippen LogP contribution in [0.4, 0.5) is 4.39 Å². The van der Waals surface area contributed by atoms with E-state index < -0.39 is 22.9 Å². The Labute approximate surface area is 221 Å². The Morgan fingerprint density at radius 3 is 2.50 bits per heavy atom. The Bertz CT molecular complexity index is 1210. The fraction of sp³-hybridized carbons (Fsp3) is 0.429. The average molecular weight is 524 g/mol. The molecule has 1 unspecified atom stereocenters. The lowest BCUT2D eigenvalue weighted by atomic mass is 9.73. The fourth-order valence-corrected chi connectivity index (χ4v) is 4.83. The molecule has 2 aliphatic rings. The minimum Gasteiger partial charge on any atom is -0.374 e. The number of rotatable bonds is 9. The largest absolute Gasteiger partial charge is 0.374 e. The molecule has 2 aromatic carbocycles. The third-order valence-corrected chi connectivity index (χ3v) is 6.92. The van der Waals surface area contributed by atoms with Gasteiger partial charge in [-0.15, -0.1) is 0 Å². The van der Waals surface area contributed by atoms with Crippen molar-refractivity contribution < 1.29 is 23.5 Å². The zero-order valence-electron chi connectivity index (χ0n) is 21.9. The number of ether oxygens (including phenoxy) is 1. The Balaban J connectivity index is 1.55. The van der Waals surface area contributed by atoms with Gasteiger partial charge in [-0.2, -0.15) is 5.10 Å². The molecular weight excluding hydrogens is 489 g/mol. The third kappa shape index (κ3) is 5.92. The molecule has 1 saturated heterocycles. The Morgan fingerprint density at radius 1 is 1.16 bits per heavy atom. The highest BCUT2D eigenvalue weighted by atomic mass is 19.1. The predicted octanol–water partition coefficient (Wildman–Crippen LogP) is 1.85.